The van der Waals surface area contributed by atoms with Gasteiger partial charge >= 0.3 is 0 Å². The van der Waals surface area contributed by atoms with Crippen LogP contribution in [0.25, 0.3) is 0 Å². The number of hydrogen-bond donors (Lipinski definition) is 1. The number of hydrogen-bond acceptors (Lipinski definition) is 1. The van der Waals surface area contributed by atoms with Crippen molar-refractivity contribution in [2.24, 2.45) is 5.41 Å². The molecule has 0 amide bonds. The molecular weight excluding hydrogens is 225 g/mol. The van der Waals surface area contributed by atoms with E-state index in [0.29, 0.717) is 11.7 Å². The van der Waals surface area contributed by atoms with Gasteiger partial charge in [0.1, 0.15) is 0 Å². The van der Waals surface area contributed by atoms with Crippen molar-refractivity contribution in [3.8, 4) is 0 Å². The highest BCUT2D eigenvalue weighted by molar-refractivity contribution is 6.31. The lowest BCUT2D eigenvalue weighted by Crippen LogP contribution is -2.31. The Morgan fingerprint density at radius 1 is 1.44 bits per heavy atom. The molecule has 1 aliphatic carbocycles. The van der Waals surface area contributed by atoms with Crippen LogP contribution < -0.4 is 5.32 Å². The lowest BCUT2D eigenvalue weighted by Gasteiger charge is -2.28. The van der Waals surface area contributed by atoms with E-state index in [1.54, 1.807) is 18.2 Å². The molecule has 0 bridgehead atoms. The average Bonchev–Trinajstić information content (AvgIpc) is 2.54. The van der Waals surface area contributed by atoms with Gasteiger partial charge in [0.25, 0.3) is 0 Å². The second kappa shape index (κ2) is 4.25. The van der Waals surface area contributed by atoms with Gasteiger partial charge in [-0.3, -0.25) is 0 Å². The summed E-state index contributed by atoms with van der Waals surface area (Å²) in [5.74, 6) is -0.341. The summed E-state index contributed by atoms with van der Waals surface area (Å²) in [6.07, 6.45) is 3.48. The van der Waals surface area contributed by atoms with Gasteiger partial charge in [0, 0.05) is 6.04 Å². The van der Waals surface area contributed by atoms with Crippen LogP contribution in [0.2, 0.25) is 5.02 Å². The van der Waals surface area contributed by atoms with Crippen molar-refractivity contribution in [1.82, 2.24) is 0 Å². The van der Waals surface area contributed by atoms with E-state index >= 15 is 0 Å². The van der Waals surface area contributed by atoms with Gasteiger partial charge < -0.3 is 5.32 Å². The fraction of sp³-hybridized carbons (Fsp3) is 0.538. The molecule has 3 heteroatoms. The van der Waals surface area contributed by atoms with Crippen molar-refractivity contribution >= 4 is 17.3 Å². The quantitative estimate of drug-likeness (QED) is 0.806. The van der Waals surface area contributed by atoms with Crippen LogP contribution in [0.4, 0.5) is 10.1 Å². The lowest BCUT2D eigenvalue weighted by atomic mass is 9.87. The molecule has 2 rings (SSSR count). The Hall–Kier alpha value is -0.760. The molecule has 0 saturated heterocycles. The zero-order valence-corrected chi connectivity index (χ0v) is 10.4. The predicted octanol–water partition coefficient (Wildman–Crippen LogP) is 4.47. The van der Waals surface area contributed by atoms with E-state index in [1.165, 1.54) is 12.8 Å². The highest BCUT2D eigenvalue weighted by Crippen LogP contribution is 2.39. The number of anilines is 1. The summed E-state index contributed by atoms with van der Waals surface area (Å²) in [4.78, 5) is 0. The molecule has 1 unspecified atom stereocenters. The van der Waals surface area contributed by atoms with E-state index in [4.69, 9.17) is 11.6 Å². The lowest BCUT2D eigenvalue weighted by molar-refractivity contribution is 0.349. The number of halogens is 2. The molecule has 1 fully saturated rings. The monoisotopic (exact) mass is 241 g/mol. The Kier molecular flexibility index (Phi) is 3.11. The van der Waals surface area contributed by atoms with E-state index in [1.807, 2.05) is 0 Å². The van der Waals surface area contributed by atoms with E-state index in [9.17, 15) is 4.39 Å². The third-order valence-electron chi connectivity index (χ3n) is 3.54. The Bertz CT molecular complexity index is 390. The van der Waals surface area contributed by atoms with Gasteiger partial charge in [-0.2, -0.15) is 0 Å². The number of benzene rings is 1. The second-order valence-electron chi connectivity index (χ2n) is 5.18. The van der Waals surface area contributed by atoms with E-state index in [2.05, 4.69) is 19.2 Å². The molecule has 0 heterocycles. The maximum absolute atomic E-state index is 13.7. The molecule has 0 aromatic heterocycles. The molecule has 16 heavy (non-hydrogen) atoms. The summed E-state index contributed by atoms with van der Waals surface area (Å²) in [6, 6.07) is 5.42. The van der Waals surface area contributed by atoms with Gasteiger partial charge in [-0.25, -0.2) is 4.39 Å². The minimum absolute atomic E-state index is 0.181. The molecule has 0 aliphatic heterocycles. The van der Waals surface area contributed by atoms with Gasteiger partial charge in [-0.05, 0) is 30.4 Å². The van der Waals surface area contributed by atoms with Crippen molar-refractivity contribution in [2.75, 3.05) is 5.32 Å². The van der Waals surface area contributed by atoms with Gasteiger partial charge in [-0.1, -0.05) is 37.9 Å². The predicted molar refractivity (Wildman–Crippen MR) is 66.5 cm³/mol. The number of nitrogens with one attached hydrogen (secondary N) is 1. The minimum atomic E-state index is -0.341. The highest BCUT2D eigenvalue weighted by Gasteiger charge is 2.34. The molecule has 1 aliphatic rings. The van der Waals surface area contributed by atoms with E-state index < -0.39 is 0 Å². The first-order valence-corrected chi connectivity index (χ1v) is 6.09. The first kappa shape index (κ1) is 11.7. The van der Waals surface area contributed by atoms with Crippen molar-refractivity contribution in [2.45, 2.75) is 39.2 Å². The molecule has 1 aromatic carbocycles. The molecule has 0 spiro atoms. The van der Waals surface area contributed by atoms with Crippen LogP contribution in [-0.2, 0) is 0 Å². The molecular formula is C13H17ClFN. The van der Waals surface area contributed by atoms with E-state index in [0.717, 1.165) is 6.42 Å². The smallest absolute Gasteiger partial charge is 0.164 e. The Morgan fingerprint density at radius 3 is 2.81 bits per heavy atom. The van der Waals surface area contributed by atoms with E-state index in [-0.39, 0.29) is 16.3 Å². The maximum atomic E-state index is 13.7. The third kappa shape index (κ3) is 2.17. The molecule has 1 atom stereocenters. The molecule has 88 valence electrons. The van der Waals surface area contributed by atoms with Crippen LogP contribution in [-0.4, -0.2) is 6.04 Å². The SMILES string of the molecule is CC1(C)CCCC1Nc1cccc(Cl)c1F. The van der Waals surface area contributed by atoms with Crippen LogP contribution in [0, 0.1) is 11.2 Å². The topological polar surface area (TPSA) is 12.0 Å². The summed E-state index contributed by atoms with van der Waals surface area (Å²) in [5.41, 5.74) is 0.752. The first-order valence-electron chi connectivity index (χ1n) is 5.71. The molecule has 1 saturated carbocycles. The fourth-order valence-electron chi connectivity index (χ4n) is 2.40. The zero-order valence-electron chi connectivity index (χ0n) is 9.69. The Balaban J connectivity index is 2.18. The normalized spacial score (nSPS) is 23.4. The van der Waals surface area contributed by atoms with Crippen LogP contribution in [0.3, 0.4) is 0 Å². The third-order valence-corrected chi connectivity index (χ3v) is 3.83. The van der Waals surface area contributed by atoms with Gasteiger partial charge in [0.15, 0.2) is 5.82 Å². The Labute approximate surface area is 101 Å². The van der Waals surface area contributed by atoms with Crippen molar-refractivity contribution in [3.05, 3.63) is 29.0 Å². The minimum Gasteiger partial charge on any atom is -0.379 e. The van der Waals surface area contributed by atoms with Crippen LogP contribution in [0.1, 0.15) is 33.1 Å². The second-order valence-corrected chi connectivity index (χ2v) is 5.59. The fourth-order valence-corrected chi connectivity index (χ4v) is 2.57. The standard InChI is InChI=1S/C13H17ClFN/c1-13(2)8-4-7-11(13)16-10-6-3-5-9(14)12(10)15/h3,5-6,11,16H,4,7-8H2,1-2H3. The molecule has 0 radical (unpaired) electrons. The summed E-state index contributed by atoms with van der Waals surface area (Å²) < 4.78 is 13.7. The maximum Gasteiger partial charge on any atom is 0.164 e. The van der Waals surface area contributed by atoms with Gasteiger partial charge in [0.2, 0.25) is 0 Å². The summed E-state index contributed by atoms with van der Waals surface area (Å²) in [5, 5.41) is 3.46. The van der Waals surface area contributed by atoms with Crippen molar-refractivity contribution in [1.29, 1.82) is 0 Å². The number of rotatable bonds is 2. The van der Waals surface area contributed by atoms with Crippen LogP contribution in [0.15, 0.2) is 18.2 Å². The first-order chi connectivity index (χ1) is 7.50. The van der Waals surface area contributed by atoms with Gasteiger partial charge in [-0.15, -0.1) is 0 Å². The van der Waals surface area contributed by atoms with Crippen LogP contribution >= 0.6 is 11.6 Å². The highest BCUT2D eigenvalue weighted by atomic mass is 35.5. The van der Waals surface area contributed by atoms with Crippen molar-refractivity contribution < 1.29 is 4.39 Å². The summed E-state index contributed by atoms with van der Waals surface area (Å²) >= 11 is 5.76. The van der Waals surface area contributed by atoms with Crippen LogP contribution in [0.5, 0.6) is 0 Å². The molecule has 1 nitrogen and oxygen atoms in total. The Morgan fingerprint density at radius 2 is 2.19 bits per heavy atom. The summed E-state index contributed by atoms with van der Waals surface area (Å²) in [7, 11) is 0. The zero-order chi connectivity index (χ0) is 11.8. The molecule has 1 N–H and O–H groups in total. The van der Waals surface area contributed by atoms with Crippen molar-refractivity contribution in [3.63, 3.8) is 0 Å². The van der Waals surface area contributed by atoms with Gasteiger partial charge in [0.05, 0.1) is 10.7 Å². The average molecular weight is 242 g/mol. The molecule has 1 aromatic rings. The largest absolute Gasteiger partial charge is 0.379 e. The summed E-state index contributed by atoms with van der Waals surface area (Å²) in [6.45, 7) is 4.44.